The van der Waals surface area contributed by atoms with Crippen molar-refractivity contribution in [1.29, 1.82) is 0 Å². The molecule has 0 rings (SSSR count). The Morgan fingerprint density at radius 3 is 2.33 bits per heavy atom. The molecule has 0 aliphatic rings. The molecule has 0 heterocycles. The molecule has 2 nitrogen and oxygen atoms in total. The van der Waals surface area contributed by atoms with Gasteiger partial charge in [0, 0.05) is 12.1 Å². The van der Waals surface area contributed by atoms with Gasteiger partial charge in [-0.25, -0.2) is 0 Å². The molecule has 0 amide bonds. The predicted molar refractivity (Wildman–Crippen MR) is 33.3 cm³/mol. The Kier molecular flexibility index (Phi) is 6.20. The highest BCUT2D eigenvalue weighted by Crippen LogP contribution is 1.89. The van der Waals surface area contributed by atoms with Crippen LogP contribution < -0.4 is 8.85 Å². The molecule has 4 heteroatoms. The monoisotopic (exact) mass is 124 g/mol. The highest BCUT2D eigenvalue weighted by atomic mass is 32.2. The summed E-state index contributed by atoms with van der Waals surface area (Å²) in [5.41, 5.74) is 0. The second-order valence-corrected chi connectivity index (χ2v) is 2.28. The van der Waals surface area contributed by atoms with Gasteiger partial charge in [0.2, 0.25) is 0 Å². The Morgan fingerprint density at radius 1 is 1.50 bits per heavy atom. The van der Waals surface area contributed by atoms with Crippen molar-refractivity contribution in [2.45, 2.75) is 0 Å². The minimum absolute atomic E-state index is 1.47. The Hall–Kier alpha value is 0.620. The van der Waals surface area contributed by atoms with Crippen molar-refractivity contribution in [1.82, 2.24) is 8.85 Å². The lowest BCUT2D eigenvalue weighted by atomic mass is 11.6. The zero-order chi connectivity index (χ0) is 4.83. The topological polar surface area (TPSA) is 24.1 Å². The normalized spacial score (nSPS) is 9.00. The van der Waals surface area contributed by atoms with Gasteiger partial charge in [-0.05, 0) is 13.3 Å². The Morgan fingerprint density at radius 2 is 2.17 bits per heavy atom. The van der Waals surface area contributed by atoms with Crippen molar-refractivity contribution in [3.63, 3.8) is 0 Å². The van der Waals surface area contributed by atoms with E-state index in [1.165, 1.54) is 12.1 Å². The van der Waals surface area contributed by atoms with Crippen molar-refractivity contribution < 1.29 is 0 Å². The van der Waals surface area contributed by atoms with Gasteiger partial charge in [-0.1, -0.05) is 11.9 Å². The molecule has 0 fully saturated rings. The number of hydrogen-bond donors (Lipinski definition) is 2. The van der Waals surface area contributed by atoms with Crippen molar-refractivity contribution in [3.05, 3.63) is 0 Å². The summed E-state index contributed by atoms with van der Waals surface area (Å²) in [6.07, 6.45) is 1.98. The molecule has 38 valence electrons. The van der Waals surface area contributed by atoms with E-state index in [1.807, 2.05) is 13.3 Å². The van der Waals surface area contributed by atoms with Gasteiger partial charge in [0.15, 0.2) is 0 Å². The minimum atomic E-state index is 1.47. The summed E-state index contributed by atoms with van der Waals surface area (Å²) in [6.45, 7) is 0. The molecule has 0 atom stereocenters. The van der Waals surface area contributed by atoms with Crippen LogP contribution in [-0.4, -0.2) is 13.3 Å². The molecule has 0 saturated heterocycles. The summed E-state index contributed by atoms with van der Waals surface area (Å²) in [5, 5.41) is 0. The van der Waals surface area contributed by atoms with E-state index < -0.39 is 0 Å². The van der Waals surface area contributed by atoms with E-state index in [2.05, 4.69) is 8.85 Å². The third kappa shape index (κ3) is 4.62. The molecule has 0 bridgehead atoms. The van der Waals surface area contributed by atoms with E-state index in [-0.39, 0.29) is 0 Å². The zero-order valence-electron chi connectivity index (χ0n) is 3.82. The first-order valence-electron chi connectivity index (χ1n) is 1.52. The van der Waals surface area contributed by atoms with Crippen LogP contribution >= 0.6 is 24.1 Å². The lowest BCUT2D eigenvalue weighted by Crippen LogP contribution is -1.99. The molecule has 0 aromatic heterocycles. The lowest BCUT2D eigenvalue weighted by molar-refractivity contribution is 1.29. The fraction of sp³-hybridized carbons (Fsp3) is 1.00. The van der Waals surface area contributed by atoms with Crippen LogP contribution in [0.3, 0.4) is 0 Å². The quantitative estimate of drug-likeness (QED) is 0.426. The molecular weight excluding hydrogens is 116 g/mol. The lowest BCUT2D eigenvalue weighted by Gasteiger charge is -1.91. The SMILES string of the molecule is CNSNSC. The third-order valence-electron chi connectivity index (χ3n) is 0.227. The van der Waals surface area contributed by atoms with E-state index in [1.54, 1.807) is 11.9 Å². The van der Waals surface area contributed by atoms with Gasteiger partial charge in [0.25, 0.3) is 0 Å². The molecule has 0 saturated carbocycles. The highest BCUT2D eigenvalue weighted by molar-refractivity contribution is 8.11. The van der Waals surface area contributed by atoms with Crippen LogP contribution in [0.2, 0.25) is 0 Å². The second kappa shape index (κ2) is 5.62. The molecule has 0 unspecified atom stereocenters. The third-order valence-corrected chi connectivity index (χ3v) is 1.43. The molecule has 0 aromatic rings. The standard InChI is InChI=1S/C2H8N2S2/c1-3-6-4-5-2/h3-4H,1-2H3. The number of hydrogen-bond acceptors (Lipinski definition) is 4. The average Bonchev–Trinajstić information content (AvgIpc) is 1.61. The van der Waals surface area contributed by atoms with Crippen molar-refractivity contribution in [2.24, 2.45) is 0 Å². The molecule has 0 radical (unpaired) electrons. The van der Waals surface area contributed by atoms with E-state index in [0.29, 0.717) is 0 Å². The molecule has 6 heavy (non-hydrogen) atoms. The van der Waals surface area contributed by atoms with Crippen molar-refractivity contribution >= 4 is 24.1 Å². The first kappa shape index (κ1) is 6.62. The fourth-order valence-electron chi connectivity index (χ4n) is 0.0833. The minimum Gasteiger partial charge on any atom is -0.253 e. The van der Waals surface area contributed by atoms with Crippen LogP contribution in [0, 0.1) is 0 Å². The Labute approximate surface area is 46.9 Å². The van der Waals surface area contributed by atoms with E-state index in [0.717, 1.165) is 0 Å². The maximum absolute atomic E-state index is 2.92. The predicted octanol–water partition coefficient (Wildman–Crippen LogP) is 0.637. The van der Waals surface area contributed by atoms with Crippen LogP contribution in [0.5, 0.6) is 0 Å². The smallest absolute Gasteiger partial charge is 0.0137 e. The first-order valence-corrected chi connectivity index (χ1v) is 3.56. The van der Waals surface area contributed by atoms with Crippen LogP contribution in [0.15, 0.2) is 0 Å². The van der Waals surface area contributed by atoms with Crippen LogP contribution in [0.25, 0.3) is 0 Å². The van der Waals surface area contributed by atoms with E-state index >= 15 is 0 Å². The van der Waals surface area contributed by atoms with Gasteiger partial charge < -0.3 is 0 Å². The maximum atomic E-state index is 2.92. The van der Waals surface area contributed by atoms with Gasteiger partial charge in [-0.3, -0.25) is 4.72 Å². The van der Waals surface area contributed by atoms with E-state index in [4.69, 9.17) is 0 Å². The zero-order valence-corrected chi connectivity index (χ0v) is 5.45. The van der Waals surface area contributed by atoms with Gasteiger partial charge >= 0.3 is 0 Å². The van der Waals surface area contributed by atoms with Crippen molar-refractivity contribution in [2.75, 3.05) is 13.3 Å². The summed E-state index contributed by atoms with van der Waals surface area (Å²) < 4.78 is 5.77. The van der Waals surface area contributed by atoms with Crippen LogP contribution in [-0.2, 0) is 0 Å². The average molecular weight is 124 g/mol. The fourth-order valence-corrected chi connectivity index (χ4v) is 0.750. The Bertz CT molecular complexity index is 21.5. The first-order chi connectivity index (χ1) is 2.91. The molecule has 0 aromatic carbocycles. The summed E-state index contributed by atoms with van der Waals surface area (Å²) in [5.74, 6) is 0. The summed E-state index contributed by atoms with van der Waals surface area (Å²) in [4.78, 5) is 0. The van der Waals surface area contributed by atoms with Gasteiger partial charge in [-0.15, -0.1) is 0 Å². The summed E-state index contributed by atoms with van der Waals surface area (Å²) in [7, 11) is 1.87. The van der Waals surface area contributed by atoms with Gasteiger partial charge in [0.1, 0.15) is 0 Å². The van der Waals surface area contributed by atoms with Gasteiger partial charge in [-0.2, -0.15) is 4.13 Å². The molecule has 0 spiro atoms. The van der Waals surface area contributed by atoms with Crippen LogP contribution in [0.1, 0.15) is 0 Å². The largest absolute Gasteiger partial charge is 0.253 e. The number of rotatable bonds is 3. The van der Waals surface area contributed by atoms with Crippen molar-refractivity contribution in [3.8, 4) is 0 Å². The Balaban J connectivity index is 2.34. The summed E-state index contributed by atoms with van der Waals surface area (Å²) in [6, 6.07) is 0. The number of nitrogens with one attached hydrogen (secondary N) is 2. The molecular formula is C2H8N2S2. The van der Waals surface area contributed by atoms with E-state index in [9.17, 15) is 0 Å². The summed E-state index contributed by atoms with van der Waals surface area (Å²) >= 11 is 3.05. The van der Waals surface area contributed by atoms with Crippen LogP contribution in [0.4, 0.5) is 0 Å². The molecule has 0 aliphatic carbocycles. The molecule has 2 N–H and O–H groups in total. The molecule has 0 aliphatic heterocycles. The maximum Gasteiger partial charge on any atom is 0.0137 e. The highest BCUT2D eigenvalue weighted by Gasteiger charge is 1.70. The van der Waals surface area contributed by atoms with Gasteiger partial charge in [0.05, 0.1) is 0 Å². The second-order valence-electron chi connectivity index (χ2n) is 0.594.